The molecule has 9 nitrogen and oxygen atoms in total. The summed E-state index contributed by atoms with van der Waals surface area (Å²) in [6, 6.07) is 7.20. The molecule has 0 bridgehead atoms. The second-order valence-electron chi connectivity index (χ2n) is 6.93. The maximum Gasteiger partial charge on any atom is 0.319 e. The van der Waals surface area contributed by atoms with Crippen molar-refractivity contribution >= 4 is 11.7 Å². The number of urea groups is 1. The van der Waals surface area contributed by atoms with Gasteiger partial charge in [0.15, 0.2) is 5.82 Å². The molecule has 2 aromatic rings. The Hall–Kier alpha value is -2.52. The summed E-state index contributed by atoms with van der Waals surface area (Å²) in [4.78, 5) is 14.6. The minimum atomic E-state index is -0.237. The van der Waals surface area contributed by atoms with Crippen LogP contribution in [0.25, 0.3) is 11.4 Å². The smallest absolute Gasteiger partial charge is 0.319 e. The molecule has 0 spiro atoms. The molecule has 1 fully saturated rings. The molecule has 0 radical (unpaired) electrons. The average Bonchev–Trinajstić information content (AvgIpc) is 3.07. The minimum absolute atomic E-state index is 0.132. The number of amides is 2. The Labute approximate surface area is 152 Å². The number of benzene rings is 1. The standard InChI is InChI=1S/C17H25N7O2/c1-17(2,24-7-9-26-10-8-24)12-18-16(25)19-14-6-4-5-13(11-14)15-20-21-22-23(15)3/h4-6,11H,7-10,12H2,1-3H3,(H2,18,19,25). The van der Waals surface area contributed by atoms with Crippen molar-refractivity contribution < 1.29 is 9.53 Å². The van der Waals surface area contributed by atoms with E-state index in [4.69, 9.17) is 4.74 Å². The van der Waals surface area contributed by atoms with Gasteiger partial charge in [0.05, 0.1) is 13.2 Å². The predicted octanol–water partition coefficient (Wildman–Crippen LogP) is 1.11. The lowest BCUT2D eigenvalue weighted by atomic mass is 10.0. The molecule has 3 rings (SSSR count). The van der Waals surface area contributed by atoms with E-state index in [0.29, 0.717) is 18.1 Å². The highest BCUT2D eigenvalue weighted by Crippen LogP contribution is 2.19. The summed E-state index contributed by atoms with van der Waals surface area (Å²) in [5.74, 6) is 0.641. The number of carbonyl (C=O) groups excluding carboxylic acids is 1. The topological polar surface area (TPSA) is 97.2 Å². The van der Waals surface area contributed by atoms with Gasteiger partial charge in [-0.05, 0) is 36.4 Å². The van der Waals surface area contributed by atoms with E-state index in [9.17, 15) is 4.79 Å². The van der Waals surface area contributed by atoms with Crippen LogP contribution >= 0.6 is 0 Å². The Morgan fingerprint density at radius 3 is 2.77 bits per heavy atom. The van der Waals surface area contributed by atoms with E-state index >= 15 is 0 Å². The van der Waals surface area contributed by atoms with Crippen LogP contribution in [0.3, 0.4) is 0 Å². The molecule has 2 heterocycles. The van der Waals surface area contributed by atoms with Gasteiger partial charge in [0.2, 0.25) is 0 Å². The van der Waals surface area contributed by atoms with Crippen molar-refractivity contribution in [3.8, 4) is 11.4 Å². The number of morpholine rings is 1. The van der Waals surface area contributed by atoms with E-state index in [1.54, 1.807) is 11.7 Å². The molecule has 2 amide bonds. The fraction of sp³-hybridized carbons (Fsp3) is 0.529. The summed E-state index contributed by atoms with van der Waals surface area (Å²) in [6.45, 7) is 8.03. The van der Waals surface area contributed by atoms with Crippen molar-refractivity contribution in [2.24, 2.45) is 7.05 Å². The fourth-order valence-electron chi connectivity index (χ4n) is 2.96. The van der Waals surface area contributed by atoms with Gasteiger partial charge in [0, 0.05) is 43.5 Å². The van der Waals surface area contributed by atoms with Crippen LogP contribution in [0.2, 0.25) is 0 Å². The van der Waals surface area contributed by atoms with Gasteiger partial charge in [0.1, 0.15) is 0 Å². The van der Waals surface area contributed by atoms with Gasteiger partial charge in [0.25, 0.3) is 0 Å². The summed E-state index contributed by atoms with van der Waals surface area (Å²) in [5.41, 5.74) is 1.39. The van der Waals surface area contributed by atoms with Crippen molar-refractivity contribution in [3.63, 3.8) is 0 Å². The van der Waals surface area contributed by atoms with Gasteiger partial charge < -0.3 is 15.4 Å². The molecule has 1 aliphatic rings. The number of anilines is 1. The van der Waals surface area contributed by atoms with Crippen LogP contribution in [0, 0.1) is 0 Å². The molecule has 2 N–H and O–H groups in total. The van der Waals surface area contributed by atoms with E-state index < -0.39 is 0 Å². The van der Waals surface area contributed by atoms with E-state index in [1.807, 2.05) is 24.3 Å². The normalized spacial score (nSPS) is 15.7. The zero-order valence-electron chi connectivity index (χ0n) is 15.4. The van der Waals surface area contributed by atoms with Crippen LogP contribution in [0.1, 0.15) is 13.8 Å². The second-order valence-corrected chi connectivity index (χ2v) is 6.93. The number of carbonyl (C=O) groups is 1. The summed E-state index contributed by atoms with van der Waals surface area (Å²) in [7, 11) is 1.77. The van der Waals surface area contributed by atoms with Gasteiger partial charge in [-0.3, -0.25) is 4.90 Å². The van der Waals surface area contributed by atoms with Gasteiger partial charge in [-0.1, -0.05) is 12.1 Å². The highest BCUT2D eigenvalue weighted by molar-refractivity contribution is 5.90. The van der Waals surface area contributed by atoms with Gasteiger partial charge in [-0.25, -0.2) is 9.48 Å². The molecule has 0 unspecified atom stereocenters. The number of nitrogens with one attached hydrogen (secondary N) is 2. The number of ether oxygens (including phenoxy) is 1. The first-order valence-electron chi connectivity index (χ1n) is 8.66. The predicted molar refractivity (Wildman–Crippen MR) is 97.7 cm³/mol. The van der Waals surface area contributed by atoms with Crippen LogP contribution in [0.15, 0.2) is 24.3 Å². The summed E-state index contributed by atoms with van der Waals surface area (Å²) in [5, 5.41) is 17.3. The Kier molecular flexibility index (Phi) is 5.48. The molecule has 140 valence electrons. The Balaban J connectivity index is 1.57. The number of hydrogen-bond acceptors (Lipinski definition) is 6. The zero-order chi connectivity index (χ0) is 18.6. The lowest BCUT2D eigenvalue weighted by Gasteiger charge is -2.40. The Morgan fingerprint density at radius 1 is 1.31 bits per heavy atom. The highest BCUT2D eigenvalue weighted by atomic mass is 16.5. The van der Waals surface area contributed by atoms with E-state index in [-0.39, 0.29) is 11.6 Å². The molecule has 1 saturated heterocycles. The molecule has 0 saturated carbocycles. The van der Waals surface area contributed by atoms with Gasteiger partial charge in [-0.15, -0.1) is 5.10 Å². The maximum absolute atomic E-state index is 12.3. The van der Waals surface area contributed by atoms with Crippen LogP contribution in [-0.4, -0.2) is 69.5 Å². The molecular weight excluding hydrogens is 334 g/mol. The number of hydrogen-bond donors (Lipinski definition) is 2. The molecule has 9 heteroatoms. The van der Waals surface area contributed by atoms with E-state index in [0.717, 1.165) is 31.9 Å². The first-order chi connectivity index (χ1) is 12.5. The molecule has 1 aliphatic heterocycles. The average molecular weight is 359 g/mol. The number of aromatic nitrogens is 4. The van der Waals surface area contributed by atoms with Crippen molar-refractivity contribution in [3.05, 3.63) is 24.3 Å². The summed E-state index contributed by atoms with van der Waals surface area (Å²) < 4.78 is 6.98. The van der Waals surface area contributed by atoms with Crippen LogP contribution < -0.4 is 10.6 Å². The molecule has 0 atom stereocenters. The molecule has 1 aromatic heterocycles. The van der Waals surface area contributed by atoms with Crippen LogP contribution in [0.4, 0.5) is 10.5 Å². The van der Waals surface area contributed by atoms with Gasteiger partial charge >= 0.3 is 6.03 Å². The molecule has 1 aromatic carbocycles. The maximum atomic E-state index is 12.3. The summed E-state index contributed by atoms with van der Waals surface area (Å²) >= 11 is 0. The zero-order valence-corrected chi connectivity index (χ0v) is 15.4. The molecular formula is C17H25N7O2. The lowest BCUT2D eigenvalue weighted by molar-refractivity contribution is -0.00863. The lowest BCUT2D eigenvalue weighted by Crippen LogP contribution is -2.55. The van der Waals surface area contributed by atoms with Crippen molar-refractivity contribution in [1.29, 1.82) is 0 Å². The third-order valence-corrected chi connectivity index (χ3v) is 4.55. The number of rotatable bonds is 5. The largest absolute Gasteiger partial charge is 0.379 e. The molecule has 0 aliphatic carbocycles. The number of nitrogens with zero attached hydrogens (tertiary/aromatic N) is 5. The first-order valence-corrected chi connectivity index (χ1v) is 8.66. The Morgan fingerprint density at radius 2 is 2.08 bits per heavy atom. The minimum Gasteiger partial charge on any atom is -0.379 e. The first kappa shape index (κ1) is 18.3. The third kappa shape index (κ3) is 4.36. The van der Waals surface area contributed by atoms with Gasteiger partial charge in [-0.2, -0.15) is 0 Å². The van der Waals surface area contributed by atoms with Crippen LogP contribution in [-0.2, 0) is 11.8 Å². The van der Waals surface area contributed by atoms with Crippen molar-refractivity contribution in [2.75, 3.05) is 38.2 Å². The fourth-order valence-corrected chi connectivity index (χ4v) is 2.96. The quantitative estimate of drug-likeness (QED) is 0.830. The number of aryl methyl sites for hydroxylation is 1. The highest BCUT2D eigenvalue weighted by Gasteiger charge is 2.28. The Bertz CT molecular complexity index is 753. The van der Waals surface area contributed by atoms with E-state index in [2.05, 4.69) is 44.9 Å². The monoisotopic (exact) mass is 359 g/mol. The van der Waals surface area contributed by atoms with Crippen molar-refractivity contribution in [1.82, 2.24) is 30.4 Å². The number of tetrazole rings is 1. The SMILES string of the molecule is Cn1nnnc1-c1cccc(NC(=O)NCC(C)(C)N2CCOCC2)c1. The van der Waals surface area contributed by atoms with Crippen molar-refractivity contribution in [2.45, 2.75) is 19.4 Å². The third-order valence-electron chi connectivity index (χ3n) is 4.55. The van der Waals surface area contributed by atoms with E-state index in [1.165, 1.54) is 0 Å². The summed E-state index contributed by atoms with van der Waals surface area (Å²) in [6.07, 6.45) is 0. The second kappa shape index (κ2) is 7.79. The molecule has 26 heavy (non-hydrogen) atoms. The van der Waals surface area contributed by atoms with Crippen LogP contribution in [0.5, 0.6) is 0 Å².